The Hall–Kier alpha value is -3.19. The van der Waals surface area contributed by atoms with E-state index in [4.69, 9.17) is 17.3 Å². The number of non-ortho nitro benzene ring substituents is 1. The van der Waals surface area contributed by atoms with Gasteiger partial charge in [0, 0.05) is 23.2 Å². The Kier molecular flexibility index (Phi) is 4.02. The quantitative estimate of drug-likeness (QED) is 0.573. The van der Waals surface area contributed by atoms with Crippen LogP contribution in [0, 0.1) is 17.0 Å². The van der Waals surface area contributed by atoms with E-state index in [0.717, 1.165) is 6.07 Å². The lowest BCUT2D eigenvalue weighted by Crippen LogP contribution is -2.17. The maximum Gasteiger partial charge on any atom is 0.270 e. The molecule has 0 spiro atoms. The Balaban J connectivity index is 2.24. The minimum Gasteiger partial charge on any atom is -0.366 e. The number of rotatable bonds is 3. The Labute approximate surface area is 146 Å². The van der Waals surface area contributed by atoms with Crippen molar-refractivity contribution in [2.24, 2.45) is 5.73 Å². The second-order valence-electron chi connectivity index (χ2n) is 5.40. The molecule has 8 heteroatoms. The fraction of sp³-hybridized carbons (Fsp3) is 0.0588. The molecule has 25 heavy (non-hydrogen) atoms. The highest BCUT2D eigenvalue weighted by molar-refractivity contribution is 6.34. The SMILES string of the molecule is Cc1c(C(N)=O)c2ccccc2n1C(=O)c1ccc([N+](=O)[O-])cc1Cl. The molecule has 0 saturated heterocycles. The Morgan fingerprint density at radius 2 is 1.88 bits per heavy atom. The van der Waals surface area contributed by atoms with E-state index in [9.17, 15) is 19.7 Å². The number of benzene rings is 2. The van der Waals surface area contributed by atoms with E-state index in [1.54, 1.807) is 31.2 Å². The van der Waals surface area contributed by atoms with E-state index in [1.165, 1.54) is 16.7 Å². The molecule has 1 heterocycles. The summed E-state index contributed by atoms with van der Waals surface area (Å²) in [5.74, 6) is -1.14. The predicted molar refractivity (Wildman–Crippen MR) is 93.0 cm³/mol. The number of carbonyl (C=O) groups excluding carboxylic acids is 2. The maximum absolute atomic E-state index is 13.0. The summed E-state index contributed by atoms with van der Waals surface area (Å²) in [7, 11) is 0. The zero-order chi connectivity index (χ0) is 18.3. The van der Waals surface area contributed by atoms with Gasteiger partial charge in [-0.05, 0) is 19.1 Å². The average Bonchev–Trinajstić information content (AvgIpc) is 2.86. The highest BCUT2D eigenvalue weighted by Crippen LogP contribution is 2.29. The number of nitro groups is 1. The van der Waals surface area contributed by atoms with E-state index < -0.39 is 16.7 Å². The minimum atomic E-state index is -0.643. The molecule has 0 atom stereocenters. The molecule has 2 aromatic carbocycles. The summed E-state index contributed by atoms with van der Waals surface area (Å²) in [6, 6.07) is 10.5. The van der Waals surface area contributed by atoms with Gasteiger partial charge in [-0.15, -0.1) is 0 Å². The highest BCUT2D eigenvalue weighted by atomic mass is 35.5. The fourth-order valence-corrected chi connectivity index (χ4v) is 3.11. The molecule has 0 saturated carbocycles. The smallest absolute Gasteiger partial charge is 0.270 e. The summed E-state index contributed by atoms with van der Waals surface area (Å²) < 4.78 is 1.34. The first-order valence-electron chi connectivity index (χ1n) is 7.21. The molecule has 0 aliphatic carbocycles. The number of nitrogens with zero attached hydrogens (tertiary/aromatic N) is 2. The van der Waals surface area contributed by atoms with Crippen LogP contribution in [-0.4, -0.2) is 21.3 Å². The van der Waals surface area contributed by atoms with Gasteiger partial charge >= 0.3 is 0 Å². The van der Waals surface area contributed by atoms with Crippen molar-refractivity contribution >= 4 is 40.0 Å². The lowest BCUT2D eigenvalue weighted by molar-refractivity contribution is -0.384. The molecule has 2 N–H and O–H groups in total. The molecule has 0 aliphatic heterocycles. The zero-order valence-electron chi connectivity index (χ0n) is 13.0. The van der Waals surface area contributed by atoms with Crippen LogP contribution in [0.2, 0.25) is 5.02 Å². The van der Waals surface area contributed by atoms with Crippen molar-refractivity contribution in [1.82, 2.24) is 4.57 Å². The molecule has 1 aromatic heterocycles. The normalized spacial score (nSPS) is 10.8. The minimum absolute atomic E-state index is 0.0444. The molecule has 3 aromatic rings. The molecule has 3 rings (SSSR count). The van der Waals surface area contributed by atoms with Gasteiger partial charge in [-0.25, -0.2) is 0 Å². The van der Waals surface area contributed by atoms with Gasteiger partial charge in [-0.1, -0.05) is 29.8 Å². The van der Waals surface area contributed by atoms with Crippen molar-refractivity contribution in [2.45, 2.75) is 6.92 Å². The number of fused-ring (bicyclic) bond motifs is 1. The zero-order valence-corrected chi connectivity index (χ0v) is 13.8. The number of primary amides is 1. The number of hydrogen-bond donors (Lipinski definition) is 1. The second-order valence-corrected chi connectivity index (χ2v) is 5.81. The van der Waals surface area contributed by atoms with Gasteiger partial charge in [0.25, 0.3) is 17.5 Å². The largest absolute Gasteiger partial charge is 0.366 e. The van der Waals surface area contributed by atoms with Gasteiger partial charge in [0.1, 0.15) is 0 Å². The molecular formula is C17H12ClN3O4. The van der Waals surface area contributed by atoms with Gasteiger partial charge in [0.2, 0.25) is 0 Å². The first-order chi connectivity index (χ1) is 11.8. The van der Waals surface area contributed by atoms with E-state index in [0.29, 0.717) is 16.6 Å². The molecule has 0 bridgehead atoms. The molecule has 0 unspecified atom stereocenters. The van der Waals surface area contributed by atoms with Crippen LogP contribution in [0.1, 0.15) is 26.4 Å². The van der Waals surface area contributed by atoms with E-state index in [-0.39, 0.29) is 21.8 Å². The van der Waals surface area contributed by atoms with Crippen molar-refractivity contribution in [3.05, 3.63) is 74.4 Å². The molecular weight excluding hydrogens is 346 g/mol. The van der Waals surface area contributed by atoms with Crippen LogP contribution in [0.25, 0.3) is 10.9 Å². The summed E-state index contributed by atoms with van der Waals surface area (Å²) in [6.45, 7) is 1.61. The number of para-hydroxylation sites is 1. The standard InChI is InChI=1S/C17H12ClN3O4/c1-9-15(16(19)22)12-4-2-3-5-14(12)20(9)17(23)11-7-6-10(21(24)25)8-13(11)18/h2-8H,1H3,(H2,19,22). The number of aromatic nitrogens is 1. The Morgan fingerprint density at radius 3 is 2.48 bits per heavy atom. The molecule has 0 fully saturated rings. The molecule has 126 valence electrons. The van der Waals surface area contributed by atoms with Crippen molar-refractivity contribution in [3.63, 3.8) is 0 Å². The molecule has 7 nitrogen and oxygen atoms in total. The first kappa shape index (κ1) is 16.7. The van der Waals surface area contributed by atoms with Crippen molar-refractivity contribution < 1.29 is 14.5 Å². The Morgan fingerprint density at radius 1 is 1.20 bits per heavy atom. The molecule has 0 aliphatic rings. The van der Waals surface area contributed by atoms with Gasteiger partial charge in [-0.2, -0.15) is 0 Å². The summed E-state index contributed by atoms with van der Waals surface area (Å²) in [5.41, 5.74) is 6.47. The van der Waals surface area contributed by atoms with Crippen LogP contribution in [0.4, 0.5) is 5.69 Å². The van der Waals surface area contributed by atoms with Gasteiger partial charge < -0.3 is 5.73 Å². The van der Waals surface area contributed by atoms with Crippen LogP contribution in [0.15, 0.2) is 42.5 Å². The third kappa shape index (κ3) is 2.64. The highest BCUT2D eigenvalue weighted by Gasteiger charge is 2.24. The monoisotopic (exact) mass is 357 g/mol. The van der Waals surface area contributed by atoms with Crippen molar-refractivity contribution in [1.29, 1.82) is 0 Å². The number of nitro benzene ring substituents is 1. The van der Waals surface area contributed by atoms with Crippen LogP contribution < -0.4 is 5.73 Å². The van der Waals surface area contributed by atoms with E-state index >= 15 is 0 Å². The molecule has 0 radical (unpaired) electrons. The van der Waals surface area contributed by atoms with Crippen LogP contribution in [0.3, 0.4) is 0 Å². The number of amides is 1. The maximum atomic E-state index is 13.0. The number of nitrogens with two attached hydrogens (primary N) is 1. The van der Waals surface area contributed by atoms with Gasteiger partial charge in [0.15, 0.2) is 0 Å². The van der Waals surface area contributed by atoms with Crippen molar-refractivity contribution in [2.75, 3.05) is 0 Å². The molecule has 1 amide bonds. The van der Waals surface area contributed by atoms with Crippen LogP contribution in [-0.2, 0) is 0 Å². The second kappa shape index (κ2) is 6.03. The van der Waals surface area contributed by atoms with E-state index in [1.807, 2.05) is 0 Å². The first-order valence-corrected chi connectivity index (χ1v) is 7.59. The van der Waals surface area contributed by atoms with Crippen molar-refractivity contribution in [3.8, 4) is 0 Å². The lowest BCUT2D eigenvalue weighted by Gasteiger charge is -2.08. The third-order valence-corrected chi connectivity index (χ3v) is 4.27. The summed E-state index contributed by atoms with van der Waals surface area (Å²) in [6.07, 6.45) is 0. The topological polar surface area (TPSA) is 108 Å². The number of hydrogen-bond acceptors (Lipinski definition) is 4. The van der Waals surface area contributed by atoms with E-state index in [2.05, 4.69) is 0 Å². The summed E-state index contributed by atoms with van der Waals surface area (Å²) in [5, 5.41) is 11.3. The van der Waals surface area contributed by atoms with Gasteiger partial charge in [-0.3, -0.25) is 24.3 Å². The number of carbonyl (C=O) groups is 2. The predicted octanol–water partition coefficient (Wildman–Crippen LogP) is 3.30. The van der Waals surface area contributed by atoms with Crippen LogP contribution in [0.5, 0.6) is 0 Å². The van der Waals surface area contributed by atoms with Crippen LogP contribution >= 0.6 is 11.6 Å². The third-order valence-electron chi connectivity index (χ3n) is 3.95. The van der Waals surface area contributed by atoms with Gasteiger partial charge in [0.05, 0.1) is 26.6 Å². The Bertz CT molecular complexity index is 1060. The average molecular weight is 358 g/mol. The summed E-state index contributed by atoms with van der Waals surface area (Å²) in [4.78, 5) is 35.0. The lowest BCUT2D eigenvalue weighted by atomic mass is 10.1. The summed E-state index contributed by atoms with van der Waals surface area (Å²) >= 11 is 6.06. The number of halogens is 1. The fourth-order valence-electron chi connectivity index (χ4n) is 2.85.